The van der Waals surface area contributed by atoms with Crippen LogP contribution in [0.15, 0.2) is 102 Å². The van der Waals surface area contributed by atoms with Crippen molar-refractivity contribution in [2.75, 3.05) is 10.8 Å². The molecule has 1 saturated carbocycles. The zero-order valence-corrected chi connectivity index (χ0v) is 29.6. The van der Waals surface area contributed by atoms with Crippen molar-refractivity contribution in [3.8, 4) is 0 Å². The third-order valence-corrected chi connectivity index (χ3v) is 11.2. The lowest BCUT2D eigenvalue weighted by molar-refractivity contribution is -0.140. The van der Waals surface area contributed by atoms with Crippen LogP contribution in [0.4, 0.5) is 5.69 Å². The Morgan fingerprint density at radius 2 is 1.52 bits per heavy atom. The van der Waals surface area contributed by atoms with Crippen molar-refractivity contribution in [3.63, 3.8) is 0 Å². The standard InChI is InChI=1S/C38H41Cl2N3O4S/c1-27-17-20-33(21-18-27)48(46,47)43(35-24-31(39)19-22-34(35)40)26-37(44)42(25-30-14-10-9-11-28(30)2)36(23-29-12-5-3-6-13-29)38(45)41-32-15-7-4-8-16-32/h3,5-6,9-14,17-22,24,32,36H,4,7-8,15-16,23,25-26H2,1-2H3,(H,41,45)/t36-/m1/s1. The summed E-state index contributed by atoms with van der Waals surface area (Å²) in [5.41, 5.74) is 3.63. The molecule has 0 unspecified atom stereocenters. The van der Waals surface area contributed by atoms with Gasteiger partial charge in [-0.3, -0.25) is 13.9 Å². The van der Waals surface area contributed by atoms with E-state index in [1.807, 2.05) is 68.4 Å². The average molecular weight is 707 g/mol. The summed E-state index contributed by atoms with van der Waals surface area (Å²) in [6.07, 6.45) is 5.21. The second-order valence-corrected chi connectivity index (χ2v) is 15.1. The van der Waals surface area contributed by atoms with Gasteiger partial charge in [0.1, 0.15) is 12.6 Å². The summed E-state index contributed by atoms with van der Waals surface area (Å²) in [4.78, 5) is 30.5. The van der Waals surface area contributed by atoms with Crippen molar-refractivity contribution in [1.29, 1.82) is 0 Å². The number of halogens is 2. The highest BCUT2D eigenvalue weighted by Gasteiger charge is 2.36. The van der Waals surface area contributed by atoms with Crippen molar-refractivity contribution in [2.24, 2.45) is 0 Å². The molecule has 1 atom stereocenters. The molecule has 0 saturated heterocycles. The van der Waals surface area contributed by atoms with Crippen molar-refractivity contribution in [1.82, 2.24) is 10.2 Å². The van der Waals surface area contributed by atoms with Crippen LogP contribution in [-0.4, -0.2) is 43.8 Å². The maximum atomic E-state index is 14.8. The number of hydrogen-bond acceptors (Lipinski definition) is 4. The molecule has 0 bridgehead atoms. The largest absolute Gasteiger partial charge is 0.352 e. The van der Waals surface area contributed by atoms with Crippen LogP contribution in [-0.2, 0) is 32.6 Å². The maximum absolute atomic E-state index is 14.8. The predicted molar refractivity (Wildman–Crippen MR) is 193 cm³/mol. The molecule has 0 aromatic heterocycles. The lowest BCUT2D eigenvalue weighted by Gasteiger charge is -2.35. The number of rotatable bonds is 12. The van der Waals surface area contributed by atoms with Crippen LogP contribution in [0.5, 0.6) is 0 Å². The quantitative estimate of drug-likeness (QED) is 0.162. The second kappa shape index (κ2) is 16.0. The minimum absolute atomic E-state index is 0.00160. The highest BCUT2D eigenvalue weighted by atomic mass is 35.5. The first-order chi connectivity index (χ1) is 23.0. The molecular weight excluding hydrogens is 665 g/mol. The highest BCUT2D eigenvalue weighted by Crippen LogP contribution is 2.33. The van der Waals surface area contributed by atoms with E-state index in [4.69, 9.17) is 23.2 Å². The number of carbonyl (C=O) groups excluding carboxylic acids is 2. The number of benzene rings is 4. The van der Waals surface area contributed by atoms with Gasteiger partial charge in [-0.15, -0.1) is 0 Å². The number of aryl methyl sites for hydroxylation is 2. The lowest BCUT2D eigenvalue weighted by Crippen LogP contribution is -2.55. The number of anilines is 1. The Morgan fingerprint density at radius 1 is 0.854 bits per heavy atom. The minimum atomic E-state index is -4.31. The summed E-state index contributed by atoms with van der Waals surface area (Å²) >= 11 is 12.9. The average Bonchev–Trinajstić information content (AvgIpc) is 3.08. The SMILES string of the molecule is Cc1ccc(S(=O)(=O)N(CC(=O)N(Cc2ccccc2C)[C@H](Cc2ccccc2)C(=O)NC2CCCCC2)c2cc(Cl)ccc2Cl)cc1. The van der Waals surface area contributed by atoms with E-state index in [0.29, 0.717) is 0 Å². The lowest BCUT2D eigenvalue weighted by atomic mass is 9.94. The summed E-state index contributed by atoms with van der Waals surface area (Å²) in [5, 5.41) is 3.61. The Balaban J connectivity index is 1.59. The molecule has 2 amide bonds. The molecule has 10 heteroatoms. The fourth-order valence-corrected chi connectivity index (χ4v) is 7.96. The van der Waals surface area contributed by atoms with E-state index >= 15 is 0 Å². The van der Waals surface area contributed by atoms with Gasteiger partial charge in [0, 0.05) is 24.0 Å². The van der Waals surface area contributed by atoms with Gasteiger partial charge in [0.15, 0.2) is 0 Å². The van der Waals surface area contributed by atoms with Crippen LogP contribution in [0.2, 0.25) is 10.0 Å². The number of carbonyl (C=O) groups is 2. The van der Waals surface area contributed by atoms with Crippen molar-refractivity contribution >= 4 is 50.7 Å². The van der Waals surface area contributed by atoms with Gasteiger partial charge in [0.25, 0.3) is 10.0 Å². The summed E-state index contributed by atoms with van der Waals surface area (Å²) in [5.74, 6) is -0.814. The van der Waals surface area contributed by atoms with Crippen LogP contribution in [0.25, 0.3) is 0 Å². The predicted octanol–water partition coefficient (Wildman–Crippen LogP) is 7.89. The van der Waals surface area contributed by atoms with E-state index in [1.54, 1.807) is 18.2 Å². The smallest absolute Gasteiger partial charge is 0.264 e. The molecule has 1 aliphatic rings. The Bertz CT molecular complexity index is 1830. The molecule has 0 heterocycles. The molecule has 1 N–H and O–H groups in total. The molecule has 7 nitrogen and oxygen atoms in total. The first-order valence-corrected chi connectivity index (χ1v) is 18.5. The first kappa shape index (κ1) is 35.5. The van der Waals surface area contributed by atoms with E-state index in [9.17, 15) is 18.0 Å². The number of sulfonamides is 1. The minimum Gasteiger partial charge on any atom is -0.352 e. The van der Waals surface area contributed by atoms with Crippen molar-refractivity contribution < 1.29 is 18.0 Å². The Morgan fingerprint density at radius 3 is 2.21 bits per heavy atom. The van der Waals surface area contributed by atoms with Gasteiger partial charge in [-0.25, -0.2) is 8.42 Å². The third kappa shape index (κ3) is 8.78. The first-order valence-electron chi connectivity index (χ1n) is 16.3. The van der Waals surface area contributed by atoms with E-state index in [0.717, 1.165) is 58.7 Å². The molecular formula is C38H41Cl2N3O4S. The van der Waals surface area contributed by atoms with Gasteiger partial charge >= 0.3 is 0 Å². The van der Waals surface area contributed by atoms with E-state index in [2.05, 4.69) is 5.32 Å². The Hall–Kier alpha value is -3.85. The van der Waals surface area contributed by atoms with Gasteiger partial charge in [-0.1, -0.05) is 115 Å². The number of amides is 2. The topological polar surface area (TPSA) is 86.8 Å². The summed E-state index contributed by atoms with van der Waals surface area (Å²) < 4.78 is 29.6. The number of nitrogens with zero attached hydrogens (tertiary/aromatic N) is 2. The zero-order valence-electron chi connectivity index (χ0n) is 27.2. The fraction of sp³-hybridized carbons (Fsp3) is 0.316. The monoisotopic (exact) mass is 705 g/mol. The van der Waals surface area contributed by atoms with Crippen molar-refractivity contribution in [2.45, 2.75) is 75.9 Å². The normalized spacial score (nSPS) is 14.2. The summed E-state index contributed by atoms with van der Waals surface area (Å²) in [7, 11) is -4.31. The Kier molecular flexibility index (Phi) is 11.8. The second-order valence-electron chi connectivity index (χ2n) is 12.4. The van der Waals surface area contributed by atoms with E-state index in [1.165, 1.54) is 29.2 Å². The van der Waals surface area contributed by atoms with Gasteiger partial charge in [-0.05, 0) is 73.7 Å². The van der Waals surface area contributed by atoms with Gasteiger partial charge in [-0.2, -0.15) is 0 Å². The number of nitrogens with one attached hydrogen (secondary N) is 1. The van der Waals surface area contributed by atoms with Gasteiger partial charge < -0.3 is 10.2 Å². The summed E-state index contributed by atoms with van der Waals surface area (Å²) in [6.45, 7) is 3.30. The van der Waals surface area contributed by atoms with Crippen LogP contribution in [0.1, 0.15) is 54.4 Å². The van der Waals surface area contributed by atoms with Crippen LogP contribution >= 0.6 is 23.2 Å². The van der Waals surface area contributed by atoms with Gasteiger partial charge in [0.05, 0.1) is 15.6 Å². The highest BCUT2D eigenvalue weighted by molar-refractivity contribution is 7.92. The molecule has 0 aliphatic heterocycles. The van der Waals surface area contributed by atoms with Crippen LogP contribution < -0.4 is 9.62 Å². The van der Waals surface area contributed by atoms with E-state index in [-0.39, 0.29) is 45.5 Å². The molecule has 0 radical (unpaired) electrons. The maximum Gasteiger partial charge on any atom is 0.264 e. The molecule has 1 aliphatic carbocycles. The van der Waals surface area contributed by atoms with E-state index < -0.39 is 28.5 Å². The van der Waals surface area contributed by atoms with Crippen molar-refractivity contribution in [3.05, 3.63) is 129 Å². The molecule has 4 aromatic rings. The number of hydrogen-bond donors (Lipinski definition) is 1. The molecule has 4 aromatic carbocycles. The fourth-order valence-electron chi connectivity index (χ4n) is 6.10. The third-order valence-electron chi connectivity index (χ3n) is 8.89. The summed E-state index contributed by atoms with van der Waals surface area (Å²) in [6, 6.07) is 27.2. The van der Waals surface area contributed by atoms with Crippen LogP contribution in [0.3, 0.4) is 0 Å². The molecule has 252 valence electrons. The Labute approximate surface area is 293 Å². The molecule has 0 spiro atoms. The van der Waals surface area contributed by atoms with Crippen LogP contribution in [0, 0.1) is 13.8 Å². The molecule has 1 fully saturated rings. The zero-order chi connectivity index (χ0) is 34.3. The molecule has 48 heavy (non-hydrogen) atoms. The van der Waals surface area contributed by atoms with Gasteiger partial charge in [0.2, 0.25) is 11.8 Å². The molecule has 5 rings (SSSR count).